The summed E-state index contributed by atoms with van der Waals surface area (Å²) in [5, 5.41) is 4.58. The van der Waals surface area contributed by atoms with Crippen molar-refractivity contribution in [3.05, 3.63) is 64.1 Å². The van der Waals surface area contributed by atoms with Crippen LogP contribution in [0.4, 0.5) is 11.6 Å². The Bertz CT molecular complexity index is 1030. The van der Waals surface area contributed by atoms with Gasteiger partial charge in [0.25, 0.3) is 15.9 Å². The molecule has 3 aromatic rings. The number of aromatic nitrogens is 2. The number of hydrogen-bond acceptors (Lipinski definition) is 6. The van der Waals surface area contributed by atoms with Crippen molar-refractivity contribution in [2.45, 2.75) is 18.7 Å². The summed E-state index contributed by atoms with van der Waals surface area (Å²) in [4.78, 5) is 21.1. The fourth-order valence-corrected chi connectivity index (χ4v) is 4.01. The number of amides is 1. The lowest BCUT2D eigenvalue weighted by Crippen LogP contribution is -2.15. The number of nitrogens with zero attached hydrogens (tertiary/aromatic N) is 2. The minimum absolute atomic E-state index is 0.00631. The first-order valence-corrected chi connectivity index (χ1v) is 9.99. The van der Waals surface area contributed by atoms with E-state index in [1.54, 1.807) is 6.07 Å². The van der Waals surface area contributed by atoms with Crippen molar-refractivity contribution in [3.8, 4) is 0 Å². The van der Waals surface area contributed by atoms with Crippen LogP contribution in [-0.4, -0.2) is 24.3 Å². The summed E-state index contributed by atoms with van der Waals surface area (Å²) in [6.45, 7) is 3.85. The van der Waals surface area contributed by atoms with E-state index in [0.717, 1.165) is 10.4 Å². The molecule has 0 saturated heterocycles. The first-order chi connectivity index (χ1) is 12.4. The lowest BCUT2D eigenvalue weighted by atomic mass is 10.1. The molecular weight excluding hydrogens is 372 g/mol. The van der Waals surface area contributed by atoms with E-state index in [4.69, 9.17) is 0 Å². The highest BCUT2D eigenvalue weighted by atomic mass is 32.2. The van der Waals surface area contributed by atoms with Gasteiger partial charge < -0.3 is 5.32 Å². The molecule has 1 aromatic carbocycles. The topological polar surface area (TPSA) is 101 Å². The van der Waals surface area contributed by atoms with Gasteiger partial charge in [-0.3, -0.25) is 4.79 Å². The number of carbonyl (C=O) groups is 1. The van der Waals surface area contributed by atoms with Crippen LogP contribution in [0, 0.1) is 13.8 Å². The number of benzene rings is 1. The van der Waals surface area contributed by atoms with Gasteiger partial charge in [0.2, 0.25) is 5.95 Å². The van der Waals surface area contributed by atoms with E-state index in [9.17, 15) is 13.2 Å². The second-order valence-corrected chi connectivity index (χ2v) is 8.25. The number of anilines is 2. The number of sulfonamides is 1. The third-order valence-electron chi connectivity index (χ3n) is 3.74. The van der Waals surface area contributed by atoms with E-state index in [1.165, 1.54) is 48.0 Å². The molecule has 7 nitrogen and oxygen atoms in total. The van der Waals surface area contributed by atoms with E-state index < -0.39 is 10.0 Å². The third kappa shape index (κ3) is 3.89. The number of hydrogen-bond donors (Lipinski definition) is 2. The molecule has 2 aromatic heterocycles. The van der Waals surface area contributed by atoms with E-state index in [0.29, 0.717) is 11.3 Å². The van der Waals surface area contributed by atoms with Crippen molar-refractivity contribution < 1.29 is 13.2 Å². The van der Waals surface area contributed by atoms with Crippen LogP contribution in [-0.2, 0) is 10.0 Å². The molecule has 26 heavy (non-hydrogen) atoms. The molecule has 0 bridgehead atoms. The van der Waals surface area contributed by atoms with E-state index in [-0.39, 0.29) is 16.8 Å². The lowest BCUT2D eigenvalue weighted by Gasteiger charge is -2.08. The second-order valence-electron chi connectivity index (χ2n) is 5.49. The van der Waals surface area contributed by atoms with Crippen molar-refractivity contribution in [2.75, 3.05) is 10.0 Å². The van der Waals surface area contributed by atoms with Gasteiger partial charge in [0.05, 0.1) is 10.5 Å². The largest absolute Gasteiger partial charge is 0.322 e. The Hall–Kier alpha value is -2.78. The zero-order chi connectivity index (χ0) is 18.7. The standard InChI is InChI=1S/C17H16N4O3S2/c1-11-12(2)25-10-15(11)16(22)20-13-4-6-14(7-5-13)26(23,24)21-17-18-8-3-9-19-17/h3-10H,1-2H3,(H,20,22)(H,18,19,21). The number of rotatable bonds is 5. The fourth-order valence-electron chi connectivity index (χ4n) is 2.18. The van der Waals surface area contributed by atoms with Crippen LogP contribution in [0.5, 0.6) is 0 Å². The van der Waals surface area contributed by atoms with E-state index in [2.05, 4.69) is 20.0 Å². The smallest absolute Gasteiger partial charge is 0.264 e. The molecule has 0 radical (unpaired) electrons. The number of aryl methyl sites for hydroxylation is 1. The second kappa shape index (κ2) is 7.22. The average molecular weight is 388 g/mol. The normalized spacial score (nSPS) is 11.2. The molecule has 134 valence electrons. The van der Waals surface area contributed by atoms with Crippen molar-refractivity contribution in [3.63, 3.8) is 0 Å². The Labute approximate surface area is 155 Å². The van der Waals surface area contributed by atoms with Crippen LogP contribution >= 0.6 is 11.3 Å². The first-order valence-electron chi connectivity index (χ1n) is 7.63. The molecule has 0 atom stereocenters. The van der Waals surface area contributed by atoms with Gasteiger partial charge >= 0.3 is 0 Å². The van der Waals surface area contributed by atoms with Gasteiger partial charge in [-0.1, -0.05) is 0 Å². The maximum absolute atomic E-state index is 12.3. The molecule has 0 aliphatic rings. The molecular formula is C17H16N4O3S2. The van der Waals surface area contributed by atoms with Crippen molar-refractivity contribution >= 4 is 38.9 Å². The predicted octanol–water partition coefficient (Wildman–Crippen LogP) is 3.21. The first kappa shape index (κ1) is 18.0. The summed E-state index contributed by atoms with van der Waals surface area (Å²) < 4.78 is 26.9. The Balaban J connectivity index is 1.74. The molecule has 2 heterocycles. The molecule has 3 rings (SSSR count). The molecule has 0 fully saturated rings. The minimum Gasteiger partial charge on any atom is -0.322 e. The molecule has 1 amide bonds. The molecule has 2 N–H and O–H groups in total. The summed E-state index contributed by atoms with van der Waals surface area (Å²) in [6, 6.07) is 7.48. The summed E-state index contributed by atoms with van der Waals surface area (Å²) in [5.74, 6) is -0.230. The van der Waals surface area contributed by atoms with Gasteiger partial charge in [0.1, 0.15) is 0 Å². The maximum atomic E-state index is 12.3. The quantitative estimate of drug-likeness (QED) is 0.699. The van der Waals surface area contributed by atoms with Crippen molar-refractivity contribution in [1.29, 1.82) is 0 Å². The van der Waals surface area contributed by atoms with Crippen LogP contribution in [0.1, 0.15) is 20.8 Å². The molecule has 0 unspecified atom stereocenters. The number of nitrogens with one attached hydrogen (secondary N) is 2. The minimum atomic E-state index is -3.80. The third-order valence-corrected chi connectivity index (χ3v) is 6.10. The van der Waals surface area contributed by atoms with Crippen LogP contribution in [0.15, 0.2) is 53.0 Å². The van der Waals surface area contributed by atoms with E-state index in [1.807, 2.05) is 19.2 Å². The molecule has 0 saturated carbocycles. The Morgan fingerprint density at radius 1 is 1.08 bits per heavy atom. The van der Waals surface area contributed by atoms with Crippen LogP contribution in [0.25, 0.3) is 0 Å². The SMILES string of the molecule is Cc1scc(C(=O)Nc2ccc(S(=O)(=O)Nc3ncccn3)cc2)c1C. The van der Waals surface area contributed by atoms with Gasteiger partial charge in [0.15, 0.2) is 0 Å². The van der Waals surface area contributed by atoms with Gasteiger partial charge in [0, 0.05) is 28.3 Å². The van der Waals surface area contributed by atoms with Crippen LogP contribution in [0.3, 0.4) is 0 Å². The predicted molar refractivity (Wildman–Crippen MR) is 101 cm³/mol. The molecule has 0 aliphatic heterocycles. The van der Waals surface area contributed by atoms with Gasteiger partial charge in [-0.05, 0) is 49.7 Å². The summed E-state index contributed by atoms with van der Waals surface area (Å²) in [5.41, 5.74) is 2.07. The van der Waals surface area contributed by atoms with Gasteiger partial charge in [-0.2, -0.15) is 0 Å². The Morgan fingerprint density at radius 3 is 2.31 bits per heavy atom. The zero-order valence-electron chi connectivity index (χ0n) is 14.1. The highest BCUT2D eigenvalue weighted by Crippen LogP contribution is 2.22. The van der Waals surface area contributed by atoms with Gasteiger partial charge in [-0.25, -0.2) is 23.1 Å². The summed E-state index contributed by atoms with van der Waals surface area (Å²) >= 11 is 1.52. The fraction of sp³-hybridized carbons (Fsp3) is 0.118. The van der Waals surface area contributed by atoms with Crippen molar-refractivity contribution in [2.24, 2.45) is 0 Å². The van der Waals surface area contributed by atoms with Gasteiger partial charge in [-0.15, -0.1) is 11.3 Å². The highest BCUT2D eigenvalue weighted by Gasteiger charge is 2.16. The van der Waals surface area contributed by atoms with Crippen molar-refractivity contribution in [1.82, 2.24) is 9.97 Å². The number of carbonyl (C=O) groups excluding carboxylic acids is 1. The zero-order valence-corrected chi connectivity index (χ0v) is 15.7. The molecule has 0 aliphatic carbocycles. The summed E-state index contributed by atoms with van der Waals surface area (Å²) in [7, 11) is -3.80. The Morgan fingerprint density at radius 2 is 1.73 bits per heavy atom. The lowest BCUT2D eigenvalue weighted by molar-refractivity contribution is 0.102. The van der Waals surface area contributed by atoms with Crippen LogP contribution in [0.2, 0.25) is 0 Å². The molecule has 9 heteroatoms. The molecule has 0 spiro atoms. The summed E-state index contributed by atoms with van der Waals surface area (Å²) in [6.07, 6.45) is 2.88. The van der Waals surface area contributed by atoms with Crippen LogP contribution < -0.4 is 10.0 Å². The monoisotopic (exact) mass is 388 g/mol. The maximum Gasteiger partial charge on any atom is 0.264 e. The Kier molecular flexibility index (Phi) is 5.01. The average Bonchev–Trinajstić information content (AvgIpc) is 2.95. The van der Waals surface area contributed by atoms with E-state index >= 15 is 0 Å². The number of thiophene rings is 1. The highest BCUT2D eigenvalue weighted by molar-refractivity contribution is 7.92.